The molecule has 0 saturated heterocycles. The second-order valence-corrected chi connectivity index (χ2v) is 9.53. The highest BCUT2D eigenvalue weighted by atomic mass is 32.2. The summed E-state index contributed by atoms with van der Waals surface area (Å²) < 4.78 is 7.22. The summed E-state index contributed by atoms with van der Waals surface area (Å²) in [6, 6.07) is 0.326. The maximum Gasteiger partial charge on any atom is 0.263 e. The lowest BCUT2D eigenvalue weighted by Gasteiger charge is -2.19. The summed E-state index contributed by atoms with van der Waals surface area (Å²) in [7, 11) is 1.72. The molecule has 1 atom stereocenters. The van der Waals surface area contributed by atoms with Crippen molar-refractivity contribution in [3.05, 3.63) is 20.8 Å². The molecule has 2 heterocycles. The van der Waals surface area contributed by atoms with Crippen LogP contribution < -0.4 is 5.56 Å². The van der Waals surface area contributed by atoms with E-state index >= 15 is 0 Å². The van der Waals surface area contributed by atoms with Crippen molar-refractivity contribution in [1.29, 1.82) is 0 Å². The molecule has 4 rings (SSSR count). The van der Waals surface area contributed by atoms with Gasteiger partial charge in [0.25, 0.3) is 5.56 Å². The Balaban J connectivity index is 1.84. The third-order valence-corrected chi connectivity index (χ3v) is 7.60. The van der Waals surface area contributed by atoms with Gasteiger partial charge in [-0.05, 0) is 43.6 Å². The fourth-order valence-electron chi connectivity index (χ4n) is 4.19. The Morgan fingerprint density at radius 1 is 1.32 bits per heavy atom. The third kappa shape index (κ3) is 3.28. The molecule has 0 N–H and O–H groups in total. The number of hydrogen-bond acceptors (Lipinski definition) is 5. The van der Waals surface area contributed by atoms with Gasteiger partial charge in [0, 0.05) is 23.8 Å². The van der Waals surface area contributed by atoms with Gasteiger partial charge in [-0.1, -0.05) is 31.5 Å². The number of rotatable bonds is 5. The molecule has 0 amide bonds. The van der Waals surface area contributed by atoms with Gasteiger partial charge in [0.15, 0.2) is 5.16 Å². The minimum Gasteiger partial charge on any atom is -0.384 e. The van der Waals surface area contributed by atoms with E-state index in [1.165, 1.54) is 29.7 Å². The molecule has 1 fully saturated rings. The fraction of sp³-hybridized carbons (Fsp3) is 0.684. The smallest absolute Gasteiger partial charge is 0.263 e. The lowest BCUT2D eigenvalue weighted by Crippen LogP contribution is -2.27. The quantitative estimate of drug-likeness (QED) is 0.438. The zero-order valence-electron chi connectivity index (χ0n) is 15.0. The highest BCUT2D eigenvalue weighted by molar-refractivity contribution is 7.99. The number of aryl methyl sites for hydroxylation is 1. The number of aromatic nitrogens is 2. The molecule has 2 aliphatic carbocycles. The minimum absolute atomic E-state index is 0.212. The van der Waals surface area contributed by atoms with Crippen molar-refractivity contribution in [3.63, 3.8) is 0 Å². The van der Waals surface area contributed by atoms with Gasteiger partial charge in [-0.25, -0.2) is 4.98 Å². The van der Waals surface area contributed by atoms with Crippen LogP contribution in [0.3, 0.4) is 0 Å². The van der Waals surface area contributed by atoms with Crippen molar-refractivity contribution in [2.45, 2.75) is 63.1 Å². The van der Waals surface area contributed by atoms with Crippen LogP contribution in [0.2, 0.25) is 0 Å². The van der Waals surface area contributed by atoms with Gasteiger partial charge < -0.3 is 4.74 Å². The normalized spacial score (nSPS) is 21.1. The Bertz CT molecular complexity index is 821. The van der Waals surface area contributed by atoms with E-state index in [0.717, 1.165) is 46.8 Å². The standard InChI is InChI=1S/C19H26N2O2S2/c1-12-7-8-14-15(11-12)25-17-16(14)18(22)21(13-5-3-4-6-13)19(20-17)24-10-9-23-2/h12-13H,3-11H2,1-2H3/t12-/m0/s1. The Morgan fingerprint density at radius 3 is 2.88 bits per heavy atom. The van der Waals surface area contributed by atoms with Crippen LogP contribution in [-0.2, 0) is 17.6 Å². The first-order valence-electron chi connectivity index (χ1n) is 9.37. The van der Waals surface area contributed by atoms with Gasteiger partial charge in [0.1, 0.15) is 4.83 Å². The monoisotopic (exact) mass is 378 g/mol. The first-order valence-corrected chi connectivity index (χ1v) is 11.2. The van der Waals surface area contributed by atoms with Gasteiger partial charge in [0.05, 0.1) is 12.0 Å². The Hall–Kier alpha value is -0.850. The average molecular weight is 379 g/mol. The fourth-order valence-corrected chi connectivity index (χ4v) is 6.58. The summed E-state index contributed by atoms with van der Waals surface area (Å²) in [6.45, 7) is 2.99. The van der Waals surface area contributed by atoms with E-state index in [1.54, 1.807) is 30.2 Å². The largest absolute Gasteiger partial charge is 0.384 e. The molecular formula is C19H26N2O2S2. The van der Waals surface area contributed by atoms with Crippen molar-refractivity contribution in [3.8, 4) is 0 Å². The number of fused-ring (bicyclic) bond motifs is 3. The summed E-state index contributed by atoms with van der Waals surface area (Å²) in [6.07, 6.45) is 7.97. The highest BCUT2D eigenvalue weighted by Crippen LogP contribution is 2.38. The molecule has 2 aromatic heterocycles. The number of nitrogens with zero attached hydrogens (tertiary/aromatic N) is 2. The van der Waals surface area contributed by atoms with Crippen molar-refractivity contribution < 1.29 is 4.74 Å². The van der Waals surface area contributed by atoms with Gasteiger partial charge in [0.2, 0.25) is 0 Å². The van der Waals surface area contributed by atoms with Crippen LogP contribution in [0, 0.1) is 5.92 Å². The van der Waals surface area contributed by atoms with Crippen LogP contribution in [0.25, 0.3) is 10.2 Å². The zero-order chi connectivity index (χ0) is 17.4. The lowest BCUT2D eigenvalue weighted by molar-refractivity contribution is 0.218. The molecule has 6 heteroatoms. The topological polar surface area (TPSA) is 44.1 Å². The number of methoxy groups -OCH3 is 1. The van der Waals surface area contributed by atoms with Crippen LogP contribution in [0.15, 0.2) is 9.95 Å². The van der Waals surface area contributed by atoms with E-state index < -0.39 is 0 Å². The lowest BCUT2D eigenvalue weighted by atomic mass is 9.89. The summed E-state index contributed by atoms with van der Waals surface area (Å²) >= 11 is 3.42. The van der Waals surface area contributed by atoms with Crippen LogP contribution in [0.4, 0.5) is 0 Å². The molecular weight excluding hydrogens is 352 g/mol. The maximum absolute atomic E-state index is 13.5. The second-order valence-electron chi connectivity index (χ2n) is 7.38. The summed E-state index contributed by atoms with van der Waals surface area (Å²) in [5.41, 5.74) is 1.51. The molecule has 1 saturated carbocycles. The van der Waals surface area contributed by atoms with E-state index in [9.17, 15) is 4.79 Å². The van der Waals surface area contributed by atoms with Crippen molar-refractivity contribution >= 4 is 33.3 Å². The number of thioether (sulfide) groups is 1. The van der Waals surface area contributed by atoms with Gasteiger partial charge in [-0.3, -0.25) is 9.36 Å². The van der Waals surface area contributed by atoms with Gasteiger partial charge >= 0.3 is 0 Å². The van der Waals surface area contributed by atoms with Crippen LogP contribution in [-0.4, -0.2) is 29.0 Å². The predicted octanol–water partition coefficient (Wildman–Crippen LogP) is 4.44. The van der Waals surface area contributed by atoms with E-state index in [0.29, 0.717) is 18.6 Å². The van der Waals surface area contributed by atoms with Gasteiger partial charge in [-0.15, -0.1) is 11.3 Å². The molecule has 0 aromatic carbocycles. The first-order chi connectivity index (χ1) is 12.2. The van der Waals surface area contributed by atoms with Crippen LogP contribution >= 0.6 is 23.1 Å². The molecule has 2 aromatic rings. The molecule has 0 spiro atoms. The molecule has 0 bridgehead atoms. The highest BCUT2D eigenvalue weighted by Gasteiger charge is 2.28. The molecule has 25 heavy (non-hydrogen) atoms. The van der Waals surface area contributed by atoms with E-state index in [1.807, 2.05) is 4.57 Å². The summed E-state index contributed by atoms with van der Waals surface area (Å²) in [5.74, 6) is 1.55. The SMILES string of the molecule is COCCSc1nc2sc3c(c2c(=O)n1C1CCCC1)CC[C@H](C)C3. The molecule has 136 valence electrons. The number of hydrogen-bond donors (Lipinski definition) is 0. The third-order valence-electron chi connectivity index (χ3n) is 5.54. The summed E-state index contributed by atoms with van der Waals surface area (Å²) in [4.78, 5) is 20.8. The number of thiophene rings is 1. The molecule has 0 radical (unpaired) electrons. The van der Waals surface area contributed by atoms with E-state index in [4.69, 9.17) is 9.72 Å². The Kier molecular flexibility index (Phi) is 5.20. The molecule has 0 aliphatic heterocycles. The summed E-state index contributed by atoms with van der Waals surface area (Å²) in [5, 5.41) is 1.82. The van der Waals surface area contributed by atoms with Crippen molar-refractivity contribution in [1.82, 2.24) is 9.55 Å². The Labute approximate surface area is 157 Å². The molecule has 0 unspecified atom stereocenters. The average Bonchev–Trinajstić information content (AvgIpc) is 3.22. The Morgan fingerprint density at radius 2 is 2.12 bits per heavy atom. The zero-order valence-corrected chi connectivity index (χ0v) is 16.7. The van der Waals surface area contributed by atoms with Crippen LogP contribution in [0.5, 0.6) is 0 Å². The maximum atomic E-state index is 13.5. The minimum atomic E-state index is 0.212. The van der Waals surface area contributed by atoms with E-state index in [2.05, 4.69) is 6.92 Å². The van der Waals surface area contributed by atoms with E-state index in [-0.39, 0.29) is 5.56 Å². The van der Waals surface area contributed by atoms with Crippen molar-refractivity contribution in [2.24, 2.45) is 5.92 Å². The van der Waals surface area contributed by atoms with Gasteiger partial charge in [-0.2, -0.15) is 0 Å². The molecule has 4 nitrogen and oxygen atoms in total. The number of ether oxygens (including phenoxy) is 1. The first kappa shape index (κ1) is 17.6. The van der Waals surface area contributed by atoms with Crippen molar-refractivity contribution in [2.75, 3.05) is 19.5 Å². The predicted molar refractivity (Wildman–Crippen MR) is 105 cm³/mol. The molecule has 2 aliphatic rings. The second kappa shape index (κ2) is 7.41. The van der Waals surface area contributed by atoms with Crippen LogP contribution in [0.1, 0.15) is 55.5 Å².